The van der Waals surface area contributed by atoms with Crippen molar-refractivity contribution in [1.82, 2.24) is 15.5 Å². The maximum absolute atomic E-state index is 11.7. The molecule has 2 heterocycles. The summed E-state index contributed by atoms with van der Waals surface area (Å²) < 4.78 is 5.84. The maximum Gasteiger partial charge on any atom is 0.234 e. The van der Waals surface area contributed by atoms with Crippen LogP contribution in [0.5, 0.6) is 0 Å². The zero-order chi connectivity index (χ0) is 13.9. The molecule has 2 aliphatic rings. The summed E-state index contributed by atoms with van der Waals surface area (Å²) in [6, 6.07) is 0.639. The summed E-state index contributed by atoms with van der Waals surface area (Å²) in [5, 5.41) is 6.13. The molecule has 0 aromatic rings. The first kappa shape index (κ1) is 14.8. The fourth-order valence-corrected chi connectivity index (χ4v) is 2.82. The molecule has 19 heavy (non-hydrogen) atoms. The van der Waals surface area contributed by atoms with Gasteiger partial charge in [0.25, 0.3) is 0 Å². The topological polar surface area (TPSA) is 53.6 Å². The number of ether oxygens (including phenoxy) is 1. The second kappa shape index (κ2) is 6.20. The van der Waals surface area contributed by atoms with E-state index in [4.69, 9.17) is 4.74 Å². The van der Waals surface area contributed by atoms with Gasteiger partial charge in [-0.3, -0.25) is 9.69 Å². The Morgan fingerprint density at radius 3 is 2.95 bits per heavy atom. The number of nitrogens with one attached hydrogen (secondary N) is 2. The van der Waals surface area contributed by atoms with Gasteiger partial charge in [-0.25, -0.2) is 0 Å². The van der Waals surface area contributed by atoms with Crippen molar-refractivity contribution in [3.8, 4) is 0 Å². The van der Waals surface area contributed by atoms with Crippen molar-refractivity contribution in [2.75, 3.05) is 32.8 Å². The number of carbonyl (C=O) groups is 1. The highest BCUT2D eigenvalue weighted by Crippen LogP contribution is 2.22. The van der Waals surface area contributed by atoms with E-state index in [-0.39, 0.29) is 17.6 Å². The van der Waals surface area contributed by atoms with Crippen LogP contribution in [0.1, 0.15) is 33.6 Å². The van der Waals surface area contributed by atoms with Crippen molar-refractivity contribution < 1.29 is 9.53 Å². The molecule has 0 aliphatic carbocycles. The summed E-state index contributed by atoms with van der Waals surface area (Å²) in [6.07, 6.45) is 2.79. The normalized spacial score (nSPS) is 28.2. The third-order valence-electron chi connectivity index (χ3n) is 3.63. The van der Waals surface area contributed by atoms with Crippen molar-refractivity contribution in [2.24, 2.45) is 0 Å². The Morgan fingerprint density at radius 1 is 1.42 bits per heavy atom. The number of fused-ring (bicyclic) bond motifs is 1. The van der Waals surface area contributed by atoms with Gasteiger partial charge in [0.1, 0.15) is 0 Å². The number of hydrogen-bond acceptors (Lipinski definition) is 4. The van der Waals surface area contributed by atoms with Crippen LogP contribution in [0.4, 0.5) is 0 Å². The zero-order valence-electron chi connectivity index (χ0n) is 12.4. The molecular formula is C14H27N3O2. The predicted octanol–water partition coefficient (Wildman–Crippen LogP) is 0.354. The molecule has 5 nitrogen and oxygen atoms in total. The van der Waals surface area contributed by atoms with E-state index in [1.165, 1.54) is 19.4 Å². The molecule has 0 radical (unpaired) electrons. The Morgan fingerprint density at radius 2 is 2.21 bits per heavy atom. The van der Waals surface area contributed by atoms with Crippen molar-refractivity contribution in [3.63, 3.8) is 0 Å². The van der Waals surface area contributed by atoms with Crippen molar-refractivity contribution >= 4 is 5.91 Å². The molecule has 0 spiro atoms. The van der Waals surface area contributed by atoms with Crippen LogP contribution >= 0.6 is 0 Å². The summed E-state index contributed by atoms with van der Waals surface area (Å²) in [5.74, 6) is 0.0439. The van der Waals surface area contributed by atoms with Crippen molar-refractivity contribution in [3.05, 3.63) is 0 Å². The fourth-order valence-electron chi connectivity index (χ4n) is 2.82. The van der Waals surface area contributed by atoms with Crippen molar-refractivity contribution in [1.29, 1.82) is 0 Å². The van der Waals surface area contributed by atoms with E-state index in [0.717, 1.165) is 19.7 Å². The lowest BCUT2D eigenvalue weighted by Crippen LogP contribution is -2.51. The fraction of sp³-hybridized carbons (Fsp3) is 0.929. The Labute approximate surface area is 116 Å². The molecule has 110 valence electrons. The monoisotopic (exact) mass is 269 g/mol. The maximum atomic E-state index is 11.7. The van der Waals surface area contributed by atoms with Gasteiger partial charge in [-0.2, -0.15) is 0 Å². The molecule has 1 amide bonds. The lowest BCUT2D eigenvalue weighted by molar-refractivity contribution is -0.121. The van der Waals surface area contributed by atoms with Crippen LogP contribution in [-0.4, -0.2) is 61.3 Å². The summed E-state index contributed by atoms with van der Waals surface area (Å²) >= 11 is 0. The van der Waals surface area contributed by atoms with Crippen LogP contribution in [0.15, 0.2) is 0 Å². The van der Waals surface area contributed by atoms with E-state index in [0.29, 0.717) is 12.6 Å². The van der Waals surface area contributed by atoms with E-state index in [1.54, 1.807) is 0 Å². The molecule has 2 unspecified atom stereocenters. The first-order chi connectivity index (χ1) is 8.94. The quantitative estimate of drug-likeness (QED) is 0.773. The van der Waals surface area contributed by atoms with Gasteiger partial charge >= 0.3 is 0 Å². The van der Waals surface area contributed by atoms with Gasteiger partial charge in [-0.05, 0) is 40.2 Å². The summed E-state index contributed by atoms with van der Waals surface area (Å²) in [7, 11) is 0. The predicted molar refractivity (Wildman–Crippen MR) is 75.1 cm³/mol. The second-order valence-corrected chi connectivity index (χ2v) is 6.68. The van der Waals surface area contributed by atoms with Crippen LogP contribution in [0.3, 0.4) is 0 Å². The number of nitrogens with zero attached hydrogens (tertiary/aromatic N) is 1. The lowest BCUT2D eigenvalue weighted by atomic mass is 10.1. The molecule has 0 aromatic carbocycles. The third kappa shape index (κ3) is 4.75. The van der Waals surface area contributed by atoms with E-state index < -0.39 is 0 Å². The SMILES string of the molecule is CC(C)(C)NC(=O)CNCC1CN2CCCC2CO1. The Hall–Kier alpha value is -0.650. The first-order valence-electron chi connectivity index (χ1n) is 7.31. The molecule has 2 aliphatic heterocycles. The third-order valence-corrected chi connectivity index (χ3v) is 3.63. The minimum absolute atomic E-state index is 0.0439. The largest absolute Gasteiger partial charge is 0.374 e. The molecular weight excluding hydrogens is 242 g/mol. The lowest BCUT2D eigenvalue weighted by Gasteiger charge is -2.35. The molecule has 2 fully saturated rings. The molecule has 2 rings (SSSR count). The second-order valence-electron chi connectivity index (χ2n) is 6.68. The van der Waals surface area contributed by atoms with Gasteiger partial charge in [-0.1, -0.05) is 0 Å². The summed E-state index contributed by atoms with van der Waals surface area (Å²) in [5.41, 5.74) is -0.164. The van der Waals surface area contributed by atoms with Crippen LogP contribution in [0.25, 0.3) is 0 Å². The van der Waals surface area contributed by atoms with Gasteiger partial charge < -0.3 is 15.4 Å². The van der Waals surface area contributed by atoms with E-state index in [9.17, 15) is 4.79 Å². The molecule has 2 N–H and O–H groups in total. The van der Waals surface area contributed by atoms with Crippen LogP contribution in [0, 0.1) is 0 Å². The highest BCUT2D eigenvalue weighted by molar-refractivity contribution is 5.78. The number of carbonyl (C=O) groups excluding carboxylic acids is 1. The van der Waals surface area contributed by atoms with Crippen LogP contribution in [-0.2, 0) is 9.53 Å². The van der Waals surface area contributed by atoms with E-state index >= 15 is 0 Å². The van der Waals surface area contributed by atoms with E-state index in [1.807, 2.05) is 20.8 Å². The highest BCUT2D eigenvalue weighted by atomic mass is 16.5. The number of hydrogen-bond donors (Lipinski definition) is 2. The molecule has 0 aromatic heterocycles. The van der Waals surface area contributed by atoms with Gasteiger partial charge in [0.2, 0.25) is 5.91 Å². The number of morpholine rings is 1. The van der Waals surface area contributed by atoms with Crippen molar-refractivity contribution in [2.45, 2.75) is 51.3 Å². The average molecular weight is 269 g/mol. The summed E-state index contributed by atoms with van der Waals surface area (Å²) in [4.78, 5) is 14.2. The van der Waals surface area contributed by atoms with Crippen LogP contribution < -0.4 is 10.6 Å². The smallest absolute Gasteiger partial charge is 0.234 e. The Kier molecular flexibility index (Phi) is 4.81. The Balaban J connectivity index is 1.62. The molecule has 5 heteroatoms. The summed E-state index contributed by atoms with van der Waals surface area (Å²) in [6.45, 7) is 10.1. The average Bonchev–Trinajstić information content (AvgIpc) is 2.73. The molecule has 2 saturated heterocycles. The molecule has 0 bridgehead atoms. The van der Waals surface area contributed by atoms with Gasteiger partial charge in [0.05, 0.1) is 19.3 Å². The molecule has 2 atom stereocenters. The standard InChI is InChI=1S/C14H27N3O2/c1-14(2,3)16-13(18)8-15-7-12-9-17-6-4-5-11(17)10-19-12/h11-12,15H,4-10H2,1-3H3,(H,16,18). The van der Waals surface area contributed by atoms with Crippen LogP contribution in [0.2, 0.25) is 0 Å². The Bertz CT molecular complexity index is 314. The highest BCUT2D eigenvalue weighted by Gasteiger charge is 2.31. The van der Waals surface area contributed by atoms with Gasteiger partial charge in [0, 0.05) is 24.7 Å². The van der Waals surface area contributed by atoms with E-state index in [2.05, 4.69) is 15.5 Å². The minimum atomic E-state index is -0.164. The van der Waals surface area contributed by atoms with Gasteiger partial charge in [0.15, 0.2) is 0 Å². The minimum Gasteiger partial charge on any atom is -0.374 e. The van der Waals surface area contributed by atoms with Gasteiger partial charge in [-0.15, -0.1) is 0 Å². The zero-order valence-corrected chi connectivity index (χ0v) is 12.4. The molecule has 0 saturated carbocycles. The number of rotatable bonds is 4. The first-order valence-corrected chi connectivity index (χ1v) is 7.31. The number of amides is 1.